The minimum absolute atomic E-state index is 0.733. The lowest BCUT2D eigenvalue weighted by Gasteiger charge is -2.40. The molecule has 0 radical (unpaired) electrons. The van der Waals surface area contributed by atoms with Gasteiger partial charge in [-0.05, 0) is 52.5 Å². The van der Waals surface area contributed by atoms with Crippen molar-refractivity contribution in [2.24, 2.45) is 0 Å². The Morgan fingerprint density at radius 2 is 2.00 bits per heavy atom. The van der Waals surface area contributed by atoms with Crippen molar-refractivity contribution in [3.63, 3.8) is 0 Å². The van der Waals surface area contributed by atoms with E-state index >= 15 is 0 Å². The van der Waals surface area contributed by atoms with Gasteiger partial charge >= 0.3 is 0 Å². The zero-order chi connectivity index (χ0) is 10.7. The third-order valence-corrected chi connectivity index (χ3v) is 4.11. The maximum atomic E-state index is 3.60. The third-order valence-electron chi connectivity index (χ3n) is 4.11. The molecule has 15 heavy (non-hydrogen) atoms. The van der Waals surface area contributed by atoms with Gasteiger partial charge < -0.3 is 5.32 Å². The number of nitrogens with zero attached hydrogens (tertiary/aromatic N) is 1. The van der Waals surface area contributed by atoms with Gasteiger partial charge in [0.2, 0.25) is 0 Å². The lowest BCUT2D eigenvalue weighted by atomic mass is 9.90. The van der Waals surface area contributed by atoms with Crippen LogP contribution in [-0.4, -0.2) is 36.1 Å². The molecule has 0 aromatic carbocycles. The molecule has 0 amide bonds. The topological polar surface area (TPSA) is 15.3 Å². The Hall–Kier alpha value is -0.0800. The predicted molar refractivity (Wildman–Crippen MR) is 65.1 cm³/mol. The van der Waals surface area contributed by atoms with Crippen LogP contribution in [0.1, 0.15) is 52.4 Å². The molecule has 2 aliphatic rings. The fourth-order valence-corrected chi connectivity index (χ4v) is 2.89. The summed E-state index contributed by atoms with van der Waals surface area (Å²) in [5.41, 5.74) is 0. The molecule has 1 aliphatic heterocycles. The summed E-state index contributed by atoms with van der Waals surface area (Å²) in [4.78, 5) is 2.73. The van der Waals surface area contributed by atoms with Gasteiger partial charge in [0.1, 0.15) is 0 Å². The Balaban J connectivity index is 1.73. The van der Waals surface area contributed by atoms with Crippen LogP contribution in [-0.2, 0) is 0 Å². The largest absolute Gasteiger partial charge is 0.314 e. The van der Waals surface area contributed by atoms with E-state index < -0.39 is 0 Å². The first kappa shape index (κ1) is 11.4. The average Bonchev–Trinajstić information content (AvgIpc) is 2.60. The summed E-state index contributed by atoms with van der Waals surface area (Å²) in [7, 11) is 0. The molecular weight excluding hydrogens is 184 g/mol. The first-order valence-corrected chi connectivity index (χ1v) is 6.76. The molecule has 0 bridgehead atoms. The molecular formula is C13H26N2. The van der Waals surface area contributed by atoms with Crippen LogP contribution in [0.15, 0.2) is 0 Å². The number of hydrogen-bond donors (Lipinski definition) is 1. The van der Waals surface area contributed by atoms with Gasteiger partial charge in [0, 0.05) is 24.7 Å². The molecule has 0 aromatic rings. The van der Waals surface area contributed by atoms with Crippen molar-refractivity contribution >= 4 is 0 Å². The lowest BCUT2D eigenvalue weighted by Crippen LogP contribution is -2.46. The van der Waals surface area contributed by atoms with E-state index in [-0.39, 0.29) is 0 Å². The smallest absolute Gasteiger partial charge is 0.00979 e. The van der Waals surface area contributed by atoms with E-state index in [2.05, 4.69) is 24.1 Å². The van der Waals surface area contributed by atoms with Gasteiger partial charge in [-0.2, -0.15) is 0 Å². The highest BCUT2D eigenvalue weighted by molar-refractivity contribution is 4.84. The normalized spacial score (nSPS) is 27.6. The Labute approximate surface area is 94.4 Å². The van der Waals surface area contributed by atoms with Crippen LogP contribution in [0.4, 0.5) is 0 Å². The second-order valence-corrected chi connectivity index (χ2v) is 5.50. The average molecular weight is 210 g/mol. The molecule has 2 fully saturated rings. The minimum Gasteiger partial charge on any atom is -0.314 e. The Morgan fingerprint density at radius 3 is 2.47 bits per heavy atom. The predicted octanol–water partition coefficient (Wildman–Crippen LogP) is 2.39. The van der Waals surface area contributed by atoms with Gasteiger partial charge in [0.05, 0.1) is 0 Å². The van der Waals surface area contributed by atoms with Crippen LogP contribution >= 0.6 is 0 Å². The highest BCUT2D eigenvalue weighted by Crippen LogP contribution is 2.27. The Morgan fingerprint density at radius 1 is 1.20 bits per heavy atom. The van der Waals surface area contributed by atoms with Crippen LogP contribution in [0.3, 0.4) is 0 Å². The Kier molecular flexibility index (Phi) is 4.04. The second kappa shape index (κ2) is 5.31. The highest BCUT2D eigenvalue weighted by atomic mass is 15.2. The molecule has 1 aliphatic carbocycles. The molecule has 1 saturated heterocycles. The molecule has 2 heteroatoms. The summed E-state index contributed by atoms with van der Waals surface area (Å²) in [6, 6.07) is 2.45. The van der Waals surface area contributed by atoms with Gasteiger partial charge in [-0.25, -0.2) is 0 Å². The molecule has 1 saturated carbocycles. The van der Waals surface area contributed by atoms with Crippen molar-refractivity contribution in [1.82, 2.24) is 10.2 Å². The molecule has 1 atom stereocenters. The maximum Gasteiger partial charge on any atom is 0.00979 e. The van der Waals surface area contributed by atoms with Crippen molar-refractivity contribution in [1.29, 1.82) is 0 Å². The molecule has 1 heterocycles. The maximum absolute atomic E-state index is 3.60. The minimum atomic E-state index is 0.733. The summed E-state index contributed by atoms with van der Waals surface area (Å²) in [5.74, 6) is 0. The summed E-state index contributed by atoms with van der Waals surface area (Å²) in [5, 5.41) is 3.60. The van der Waals surface area contributed by atoms with Gasteiger partial charge in [-0.1, -0.05) is 6.42 Å². The first-order valence-electron chi connectivity index (χ1n) is 6.76. The van der Waals surface area contributed by atoms with E-state index in [4.69, 9.17) is 0 Å². The fraction of sp³-hybridized carbons (Fsp3) is 1.00. The lowest BCUT2D eigenvalue weighted by molar-refractivity contribution is 0.0902. The van der Waals surface area contributed by atoms with Crippen LogP contribution in [0.2, 0.25) is 0 Å². The Bertz CT molecular complexity index is 181. The third kappa shape index (κ3) is 2.94. The fourth-order valence-electron chi connectivity index (χ4n) is 2.89. The van der Waals surface area contributed by atoms with E-state index in [9.17, 15) is 0 Å². The zero-order valence-corrected chi connectivity index (χ0v) is 10.3. The monoisotopic (exact) mass is 210 g/mol. The van der Waals surface area contributed by atoms with E-state index in [1.807, 2.05) is 0 Å². The van der Waals surface area contributed by atoms with Gasteiger partial charge in [0.15, 0.2) is 0 Å². The molecule has 1 N–H and O–H groups in total. The van der Waals surface area contributed by atoms with E-state index in [0.717, 1.165) is 18.1 Å². The van der Waals surface area contributed by atoms with Crippen LogP contribution in [0.25, 0.3) is 0 Å². The van der Waals surface area contributed by atoms with Gasteiger partial charge in [0.25, 0.3) is 0 Å². The summed E-state index contributed by atoms with van der Waals surface area (Å²) >= 11 is 0. The standard InChI is InChI=1S/C13H26N2/c1-11(2)15(13-6-3-7-13)10-8-12-5-4-9-14-12/h11-14H,3-10H2,1-2H3. The highest BCUT2D eigenvalue weighted by Gasteiger charge is 2.27. The van der Waals surface area contributed by atoms with Crippen molar-refractivity contribution in [3.8, 4) is 0 Å². The molecule has 2 rings (SSSR count). The molecule has 88 valence electrons. The molecule has 1 unspecified atom stereocenters. The van der Waals surface area contributed by atoms with Crippen molar-refractivity contribution in [2.45, 2.75) is 70.5 Å². The van der Waals surface area contributed by atoms with Crippen LogP contribution in [0, 0.1) is 0 Å². The summed E-state index contributed by atoms with van der Waals surface area (Å²) < 4.78 is 0. The second-order valence-electron chi connectivity index (χ2n) is 5.50. The van der Waals surface area contributed by atoms with Gasteiger partial charge in [-0.3, -0.25) is 4.90 Å². The number of rotatable bonds is 5. The first-order chi connectivity index (χ1) is 7.27. The summed E-state index contributed by atoms with van der Waals surface area (Å²) in [6.07, 6.45) is 8.48. The van der Waals surface area contributed by atoms with E-state index in [0.29, 0.717) is 0 Å². The number of nitrogens with one attached hydrogen (secondary N) is 1. The zero-order valence-electron chi connectivity index (χ0n) is 10.3. The SMILES string of the molecule is CC(C)N(CCC1CCCN1)C1CCC1. The summed E-state index contributed by atoms with van der Waals surface area (Å²) in [6.45, 7) is 7.25. The molecule has 2 nitrogen and oxygen atoms in total. The van der Waals surface area contributed by atoms with Crippen molar-refractivity contribution in [3.05, 3.63) is 0 Å². The van der Waals surface area contributed by atoms with Crippen molar-refractivity contribution < 1.29 is 0 Å². The number of hydrogen-bond acceptors (Lipinski definition) is 2. The van der Waals surface area contributed by atoms with Crippen LogP contribution < -0.4 is 5.32 Å². The molecule has 0 aromatic heterocycles. The quantitative estimate of drug-likeness (QED) is 0.749. The van der Waals surface area contributed by atoms with E-state index in [1.165, 1.54) is 51.6 Å². The van der Waals surface area contributed by atoms with Gasteiger partial charge in [-0.15, -0.1) is 0 Å². The molecule has 0 spiro atoms. The van der Waals surface area contributed by atoms with Crippen molar-refractivity contribution in [2.75, 3.05) is 13.1 Å². The van der Waals surface area contributed by atoms with E-state index in [1.54, 1.807) is 0 Å². The van der Waals surface area contributed by atoms with Crippen LogP contribution in [0.5, 0.6) is 0 Å².